The van der Waals surface area contributed by atoms with Gasteiger partial charge >= 0.3 is 12.2 Å². The predicted octanol–water partition coefficient (Wildman–Crippen LogP) is 5.68. The van der Waals surface area contributed by atoms with E-state index in [1.54, 1.807) is 77.6 Å². The number of carbonyl (C=O) groups excluding carboxylic acids is 4. The smallest absolute Gasteiger partial charge is 0.316 e. The van der Waals surface area contributed by atoms with E-state index in [1.807, 2.05) is 6.07 Å². The van der Waals surface area contributed by atoms with Gasteiger partial charge < -0.3 is 10.2 Å². The van der Waals surface area contributed by atoms with E-state index in [4.69, 9.17) is 0 Å². The zero-order valence-corrected chi connectivity index (χ0v) is 30.4. The van der Waals surface area contributed by atoms with Crippen LogP contribution in [0.4, 0.5) is 23.7 Å². The Kier molecular flexibility index (Phi) is 10.2. The number of urea groups is 1. The van der Waals surface area contributed by atoms with Gasteiger partial charge in [-0.05, 0) is 73.2 Å². The average Bonchev–Trinajstić information content (AvgIpc) is 3.88. The van der Waals surface area contributed by atoms with Crippen molar-refractivity contribution < 1.29 is 32.3 Å². The van der Waals surface area contributed by atoms with Gasteiger partial charge in [-0.1, -0.05) is 24.3 Å². The third kappa shape index (κ3) is 7.78. The molecule has 2 aliphatic heterocycles. The van der Waals surface area contributed by atoms with Crippen LogP contribution >= 0.6 is 0 Å². The number of hydrogen-bond donors (Lipinski definition) is 1. The normalized spacial score (nSPS) is 14.4. The van der Waals surface area contributed by atoms with E-state index >= 15 is 0 Å². The van der Waals surface area contributed by atoms with Gasteiger partial charge in [0.15, 0.2) is 0 Å². The molecule has 1 unspecified atom stereocenters. The van der Waals surface area contributed by atoms with Crippen molar-refractivity contribution in [3.05, 3.63) is 107 Å². The van der Waals surface area contributed by atoms with Crippen molar-refractivity contribution in [2.45, 2.75) is 71.5 Å². The molecule has 0 radical (unpaired) electrons. The van der Waals surface area contributed by atoms with Gasteiger partial charge in [0.25, 0.3) is 17.4 Å². The molecule has 0 spiro atoms. The minimum absolute atomic E-state index is 0.00325. The van der Waals surface area contributed by atoms with Crippen molar-refractivity contribution in [1.82, 2.24) is 39.5 Å². The Bertz CT molecular complexity index is 2400. The summed E-state index contributed by atoms with van der Waals surface area (Å²) in [6.45, 7) is 2.74. The monoisotopic (exact) mass is 767 g/mol. The van der Waals surface area contributed by atoms with Crippen LogP contribution in [0.2, 0.25) is 0 Å². The highest BCUT2D eigenvalue weighted by atomic mass is 19.4. The van der Waals surface area contributed by atoms with Gasteiger partial charge in [0, 0.05) is 67.7 Å². The first-order valence-electron chi connectivity index (χ1n) is 17.8. The molecule has 5 aromatic rings. The number of pyridine rings is 1. The fourth-order valence-corrected chi connectivity index (χ4v) is 7.04. The molecule has 1 atom stereocenters. The van der Waals surface area contributed by atoms with Crippen LogP contribution in [0, 0.1) is 0 Å². The van der Waals surface area contributed by atoms with E-state index in [-0.39, 0.29) is 17.3 Å². The maximum Gasteiger partial charge on any atom is 0.408 e. The summed E-state index contributed by atoms with van der Waals surface area (Å²) in [6, 6.07) is 14.2. The van der Waals surface area contributed by atoms with Crippen molar-refractivity contribution in [3.63, 3.8) is 0 Å². The second-order valence-corrected chi connectivity index (χ2v) is 13.7. The molecule has 5 heterocycles. The summed E-state index contributed by atoms with van der Waals surface area (Å²) in [6.07, 6.45) is 4.17. The van der Waals surface area contributed by atoms with Gasteiger partial charge in [-0.2, -0.15) is 28.4 Å². The van der Waals surface area contributed by atoms with Crippen LogP contribution in [0.5, 0.6) is 0 Å². The Labute approximate surface area is 317 Å². The van der Waals surface area contributed by atoms with Crippen molar-refractivity contribution in [2.75, 3.05) is 5.32 Å². The molecular formula is C39H36F3N9O5. The number of aryl methyl sites for hydroxylation is 1. The summed E-state index contributed by atoms with van der Waals surface area (Å²) in [7, 11) is 0. The molecule has 0 fully saturated rings. The highest BCUT2D eigenvalue weighted by Gasteiger charge is 2.34. The Morgan fingerprint density at radius 1 is 0.911 bits per heavy atom. The Hall–Kier alpha value is -6.65. The molecule has 56 heavy (non-hydrogen) atoms. The van der Waals surface area contributed by atoms with Crippen LogP contribution in [0.25, 0.3) is 33.3 Å². The van der Waals surface area contributed by atoms with Gasteiger partial charge in [-0.15, -0.1) is 0 Å². The van der Waals surface area contributed by atoms with Crippen LogP contribution in [0.1, 0.15) is 44.2 Å². The van der Waals surface area contributed by atoms with Gasteiger partial charge in [-0.3, -0.25) is 28.8 Å². The lowest BCUT2D eigenvalue weighted by Gasteiger charge is -2.34. The zero-order valence-electron chi connectivity index (χ0n) is 30.4. The number of amides is 5. The Balaban J connectivity index is 1.09. The van der Waals surface area contributed by atoms with Gasteiger partial charge in [0.2, 0.25) is 5.91 Å². The quantitative estimate of drug-likeness (QED) is 0.133. The number of unbranched alkanes of at least 4 members (excludes halogenated alkanes) is 1. The molecule has 2 aliphatic rings. The van der Waals surface area contributed by atoms with E-state index < -0.39 is 42.0 Å². The molecule has 7 rings (SSSR count). The molecule has 14 nitrogen and oxygen atoms in total. The Morgan fingerprint density at radius 3 is 2.34 bits per heavy atom. The van der Waals surface area contributed by atoms with Crippen LogP contribution in [-0.2, 0) is 40.6 Å². The molecule has 0 saturated heterocycles. The van der Waals surface area contributed by atoms with Crippen molar-refractivity contribution in [3.8, 4) is 22.4 Å². The van der Waals surface area contributed by atoms with E-state index in [1.165, 1.54) is 13.0 Å². The minimum atomic E-state index is -4.72. The summed E-state index contributed by atoms with van der Waals surface area (Å²) < 4.78 is 43.3. The number of nitrogens with zero attached hydrogens (tertiary/aromatic N) is 8. The summed E-state index contributed by atoms with van der Waals surface area (Å²) >= 11 is 0. The molecule has 2 aromatic carbocycles. The molecule has 17 heteroatoms. The largest absolute Gasteiger partial charge is 0.408 e. The highest BCUT2D eigenvalue weighted by molar-refractivity contribution is 6.13. The maximum absolute atomic E-state index is 13.7. The highest BCUT2D eigenvalue weighted by Crippen LogP contribution is 2.31. The molecule has 0 saturated carbocycles. The second-order valence-electron chi connectivity index (χ2n) is 13.7. The third-order valence-corrected chi connectivity index (χ3v) is 9.71. The third-order valence-electron chi connectivity index (χ3n) is 9.71. The maximum atomic E-state index is 13.7. The van der Waals surface area contributed by atoms with Crippen LogP contribution < -0.4 is 10.9 Å². The number of halogens is 3. The number of aromatic nitrogens is 5. The number of hydrogen-bond acceptors (Lipinski definition) is 8. The standard InChI is InChI=1S/C39H36F3N9O5/c1-24(50(25(2)52)51-35(53)13-14-36(51)54)6-3-4-17-48-34-8-5-7-30(32(34)20-44-48)31-18-33(46-49(37(31)55)23-39(40,41)42)26-9-11-29(12-10-26)45-38(56)47-21-27-15-16-43-19-28(27)22-47/h5,7-16,18-20,24H,3-4,6,17,21-23H2,1-2H3,(H,45,56). The fraction of sp³-hybridized carbons (Fsp3) is 0.282. The molecule has 288 valence electrons. The topological polar surface area (TPSA) is 156 Å². The molecule has 5 amide bonds. The van der Waals surface area contributed by atoms with Crippen molar-refractivity contribution >= 4 is 40.3 Å². The van der Waals surface area contributed by atoms with Gasteiger partial charge in [-0.25, -0.2) is 14.5 Å². The molecule has 3 aromatic heterocycles. The van der Waals surface area contributed by atoms with Crippen LogP contribution in [0.15, 0.2) is 90.1 Å². The fourth-order valence-electron chi connectivity index (χ4n) is 7.04. The number of carbonyl (C=O) groups is 4. The van der Waals surface area contributed by atoms with E-state index in [0.717, 1.165) is 33.3 Å². The first-order chi connectivity index (χ1) is 26.8. The number of benzene rings is 2. The second kappa shape index (κ2) is 15.2. The molecule has 0 bridgehead atoms. The SMILES string of the molecule is CC(=O)N(C(C)CCCCn1ncc2c(-c3cc(-c4ccc(NC(=O)N5Cc6ccncc6C5)cc4)nn(CC(F)(F)F)c3=O)cccc21)N1C(=O)C=CC1=O. The molecule has 1 N–H and O–H groups in total. The van der Waals surface area contributed by atoms with Gasteiger partial charge in [0.05, 0.1) is 29.0 Å². The molecular weight excluding hydrogens is 731 g/mol. The number of hydrazine groups is 1. The lowest BCUT2D eigenvalue weighted by Crippen LogP contribution is -2.53. The van der Waals surface area contributed by atoms with Gasteiger partial charge in [0.1, 0.15) is 6.54 Å². The number of nitrogens with one attached hydrogen (secondary N) is 1. The summed E-state index contributed by atoms with van der Waals surface area (Å²) in [5.74, 6) is -1.60. The average molecular weight is 768 g/mol. The summed E-state index contributed by atoms with van der Waals surface area (Å²) in [5, 5.41) is 14.0. The molecule has 0 aliphatic carbocycles. The number of alkyl halides is 3. The van der Waals surface area contributed by atoms with Crippen molar-refractivity contribution in [2.24, 2.45) is 0 Å². The zero-order chi connectivity index (χ0) is 39.7. The lowest BCUT2D eigenvalue weighted by atomic mass is 10.0. The number of rotatable bonds is 11. The van der Waals surface area contributed by atoms with E-state index in [2.05, 4.69) is 20.5 Å². The van der Waals surface area contributed by atoms with E-state index in [9.17, 15) is 37.1 Å². The van der Waals surface area contributed by atoms with Crippen molar-refractivity contribution in [1.29, 1.82) is 0 Å². The number of imide groups is 1. The first-order valence-corrected chi connectivity index (χ1v) is 17.8. The number of fused-ring (bicyclic) bond motifs is 2. The van der Waals surface area contributed by atoms with Crippen LogP contribution in [-0.4, -0.2) is 75.4 Å². The first kappa shape index (κ1) is 37.7. The summed E-state index contributed by atoms with van der Waals surface area (Å²) in [4.78, 5) is 69.1. The van der Waals surface area contributed by atoms with E-state index in [0.29, 0.717) is 71.3 Å². The van der Waals surface area contributed by atoms with Crippen LogP contribution in [0.3, 0.4) is 0 Å². The minimum Gasteiger partial charge on any atom is -0.316 e. The lowest BCUT2D eigenvalue weighted by molar-refractivity contribution is -0.170. The summed E-state index contributed by atoms with van der Waals surface area (Å²) in [5.41, 5.74) is 3.10. The number of anilines is 1. The predicted molar refractivity (Wildman–Crippen MR) is 198 cm³/mol. The Morgan fingerprint density at radius 2 is 1.64 bits per heavy atom.